The third-order valence-corrected chi connectivity index (χ3v) is 4.48. The van der Waals surface area contributed by atoms with Gasteiger partial charge in [-0.1, -0.05) is 6.92 Å². The molecule has 2 aliphatic heterocycles. The summed E-state index contributed by atoms with van der Waals surface area (Å²) in [6.45, 7) is 6.18. The van der Waals surface area contributed by atoms with E-state index in [0.717, 1.165) is 43.7 Å². The van der Waals surface area contributed by atoms with Crippen molar-refractivity contribution >= 4 is 16.7 Å². The summed E-state index contributed by atoms with van der Waals surface area (Å²) in [5.41, 5.74) is 0.415. The molecule has 16 heavy (non-hydrogen) atoms. The van der Waals surface area contributed by atoms with Gasteiger partial charge < -0.3 is 9.64 Å². The summed E-state index contributed by atoms with van der Waals surface area (Å²) in [4.78, 5) is 6.94. The molecule has 3 heterocycles. The van der Waals surface area contributed by atoms with Crippen molar-refractivity contribution in [2.75, 3.05) is 31.2 Å². The van der Waals surface area contributed by atoms with Gasteiger partial charge in [-0.3, -0.25) is 0 Å². The van der Waals surface area contributed by atoms with Crippen LogP contribution in [-0.2, 0) is 11.2 Å². The summed E-state index contributed by atoms with van der Waals surface area (Å²) in [6, 6.07) is 0. The molecule has 0 N–H and O–H groups in total. The Balaban J connectivity index is 1.73. The highest BCUT2D eigenvalue weighted by molar-refractivity contribution is 7.09. The van der Waals surface area contributed by atoms with Crippen molar-refractivity contribution in [1.82, 2.24) is 9.36 Å². The summed E-state index contributed by atoms with van der Waals surface area (Å²) in [5.74, 6) is 0.976. The molecule has 0 radical (unpaired) electrons. The maximum Gasteiger partial charge on any atom is 0.205 e. The van der Waals surface area contributed by atoms with Gasteiger partial charge in [-0.25, -0.2) is 4.98 Å². The number of nitrogens with zero attached hydrogens (tertiary/aromatic N) is 3. The second-order valence-electron chi connectivity index (χ2n) is 4.82. The maximum absolute atomic E-state index is 5.53. The van der Waals surface area contributed by atoms with E-state index in [4.69, 9.17) is 4.74 Å². The van der Waals surface area contributed by atoms with Crippen LogP contribution in [0.1, 0.15) is 25.6 Å². The molecular formula is C11H17N3OS. The highest BCUT2D eigenvalue weighted by atomic mass is 32.1. The van der Waals surface area contributed by atoms with E-state index >= 15 is 0 Å². The van der Waals surface area contributed by atoms with Gasteiger partial charge in [0, 0.05) is 43.1 Å². The van der Waals surface area contributed by atoms with Crippen molar-refractivity contribution in [2.24, 2.45) is 5.41 Å². The average Bonchev–Trinajstić information content (AvgIpc) is 3.01. The lowest BCUT2D eigenvalue weighted by atomic mass is 9.87. The lowest BCUT2D eigenvalue weighted by molar-refractivity contribution is 0.160. The Hall–Kier alpha value is -0.680. The first-order valence-corrected chi connectivity index (χ1v) is 6.74. The second-order valence-corrected chi connectivity index (χ2v) is 5.55. The van der Waals surface area contributed by atoms with Crippen molar-refractivity contribution < 1.29 is 4.74 Å². The fourth-order valence-corrected chi connectivity index (χ4v) is 3.36. The Labute approximate surface area is 99.8 Å². The number of hydrogen-bond donors (Lipinski definition) is 0. The predicted octanol–water partition coefficient (Wildman–Crippen LogP) is 1.72. The molecule has 88 valence electrons. The molecule has 0 aromatic carbocycles. The average molecular weight is 239 g/mol. The van der Waals surface area contributed by atoms with Crippen LogP contribution in [0.4, 0.5) is 5.13 Å². The number of rotatable bonds is 2. The summed E-state index contributed by atoms with van der Waals surface area (Å²) >= 11 is 1.54. The van der Waals surface area contributed by atoms with Crippen LogP contribution in [0.25, 0.3) is 0 Å². The molecular weight excluding hydrogens is 222 g/mol. The molecule has 5 heteroatoms. The van der Waals surface area contributed by atoms with E-state index in [1.807, 2.05) is 0 Å². The zero-order valence-electron chi connectivity index (χ0n) is 9.61. The van der Waals surface area contributed by atoms with Crippen LogP contribution in [0, 0.1) is 5.41 Å². The Morgan fingerprint density at radius 1 is 1.50 bits per heavy atom. The lowest BCUT2D eigenvalue weighted by Gasteiger charge is -2.21. The first-order valence-electron chi connectivity index (χ1n) is 5.97. The predicted molar refractivity (Wildman–Crippen MR) is 64.0 cm³/mol. The SMILES string of the molecule is CCc1nsc(N2CC[C@]3(CCOC3)C2)n1. The fraction of sp³-hybridized carbons (Fsp3) is 0.818. The highest BCUT2D eigenvalue weighted by Crippen LogP contribution is 2.40. The number of anilines is 1. The molecule has 0 bridgehead atoms. The van der Waals surface area contributed by atoms with Gasteiger partial charge in [0.05, 0.1) is 6.61 Å². The van der Waals surface area contributed by atoms with Gasteiger partial charge in [-0.2, -0.15) is 4.37 Å². The molecule has 1 aromatic rings. The van der Waals surface area contributed by atoms with E-state index in [0.29, 0.717) is 5.41 Å². The summed E-state index contributed by atoms with van der Waals surface area (Å²) in [7, 11) is 0. The molecule has 2 fully saturated rings. The smallest absolute Gasteiger partial charge is 0.205 e. The second kappa shape index (κ2) is 3.96. The first kappa shape index (κ1) is 10.5. The molecule has 1 spiro atoms. The minimum Gasteiger partial charge on any atom is -0.381 e. The van der Waals surface area contributed by atoms with Crippen LogP contribution in [0.2, 0.25) is 0 Å². The molecule has 4 nitrogen and oxygen atoms in total. The number of ether oxygens (including phenoxy) is 1. The van der Waals surface area contributed by atoms with E-state index in [2.05, 4.69) is 21.2 Å². The van der Waals surface area contributed by atoms with E-state index in [-0.39, 0.29) is 0 Å². The van der Waals surface area contributed by atoms with Gasteiger partial charge in [0.2, 0.25) is 5.13 Å². The van der Waals surface area contributed by atoms with Crippen LogP contribution >= 0.6 is 11.5 Å². The van der Waals surface area contributed by atoms with Gasteiger partial charge in [0.1, 0.15) is 5.82 Å². The monoisotopic (exact) mass is 239 g/mol. The number of hydrogen-bond acceptors (Lipinski definition) is 5. The van der Waals surface area contributed by atoms with E-state index < -0.39 is 0 Å². The van der Waals surface area contributed by atoms with Gasteiger partial charge >= 0.3 is 0 Å². The molecule has 2 aliphatic rings. The van der Waals surface area contributed by atoms with Crippen LogP contribution in [0.3, 0.4) is 0 Å². The van der Waals surface area contributed by atoms with Crippen molar-refractivity contribution in [2.45, 2.75) is 26.2 Å². The van der Waals surface area contributed by atoms with Crippen molar-refractivity contribution in [3.63, 3.8) is 0 Å². The zero-order valence-corrected chi connectivity index (χ0v) is 10.4. The molecule has 0 unspecified atom stereocenters. The van der Waals surface area contributed by atoms with Gasteiger partial charge in [0.15, 0.2) is 0 Å². The third kappa shape index (κ3) is 1.72. The molecule has 0 amide bonds. The van der Waals surface area contributed by atoms with E-state index in [1.165, 1.54) is 24.4 Å². The van der Waals surface area contributed by atoms with Crippen molar-refractivity contribution in [3.05, 3.63) is 5.82 Å². The molecule has 2 saturated heterocycles. The zero-order chi connectivity index (χ0) is 11.0. The topological polar surface area (TPSA) is 38.2 Å². The van der Waals surface area contributed by atoms with E-state index in [1.54, 1.807) is 0 Å². The van der Waals surface area contributed by atoms with Crippen molar-refractivity contribution in [3.8, 4) is 0 Å². The van der Waals surface area contributed by atoms with Crippen LogP contribution in [0.15, 0.2) is 0 Å². The summed E-state index contributed by atoms with van der Waals surface area (Å²) < 4.78 is 9.89. The first-order chi connectivity index (χ1) is 7.81. The quantitative estimate of drug-likeness (QED) is 0.787. The minimum absolute atomic E-state index is 0.415. The minimum atomic E-state index is 0.415. The standard InChI is InChI=1S/C11H17N3OS/c1-2-9-12-10(16-13-9)14-5-3-11(7-14)4-6-15-8-11/h2-8H2,1H3/t11-/m0/s1. The normalized spacial score (nSPS) is 29.4. The van der Waals surface area contributed by atoms with Crippen LogP contribution in [-0.4, -0.2) is 35.7 Å². The Kier molecular flexibility index (Phi) is 2.59. The fourth-order valence-electron chi connectivity index (χ4n) is 2.59. The maximum atomic E-state index is 5.53. The summed E-state index contributed by atoms with van der Waals surface area (Å²) in [5, 5.41) is 1.10. The molecule has 0 saturated carbocycles. The highest BCUT2D eigenvalue weighted by Gasteiger charge is 2.42. The largest absolute Gasteiger partial charge is 0.381 e. The van der Waals surface area contributed by atoms with Gasteiger partial charge in [-0.05, 0) is 12.8 Å². The molecule has 1 atom stereocenters. The van der Waals surface area contributed by atoms with Gasteiger partial charge in [0.25, 0.3) is 0 Å². The third-order valence-electron chi connectivity index (χ3n) is 3.67. The lowest BCUT2D eigenvalue weighted by Crippen LogP contribution is -2.27. The molecule has 3 rings (SSSR count). The summed E-state index contributed by atoms with van der Waals surface area (Å²) in [6.07, 6.45) is 3.38. The van der Waals surface area contributed by atoms with E-state index in [9.17, 15) is 0 Å². The van der Waals surface area contributed by atoms with Gasteiger partial charge in [-0.15, -0.1) is 0 Å². The number of aryl methyl sites for hydroxylation is 1. The Morgan fingerprint density at radius 2 is 2.44 bits per heavy atom. The van der Waals surface area contributed by atoms with Crippen molar-refractivity contribution in [1.29, 1.82) is 0 Å². The van der Waals surface area contributed by atoms with Crippen LogP contribution < -0.4 is 4.90 Å². The molecule has 0 aliphatic carbocycles. The number of aromatic nitrogens is 2. The molecule has 1 aromatic heterocycles. The Bertz CT molecular complexity index is 373. The Morgan fingerprint density at radius 3 is 3.12 bits per heavy atom. The van der Waals surface area contributed by atoms with Crippen LogP contribution in [0.5, 0.6) is 0 Å².